The van der Waals surface area contributed by atoms with Crippen molar-refractivity contribution in [2.75, 3.05) is 5.32 Å². The molecule has 7 nitrogen and oxygen atoms in total. The van der Waals surface area contributed by atoms with Gasteiger partial charge in [0.25, 0.3) is 0 Å². The van der Waals surface area contributed by atoms with E-state index in [4.69, 9.17) is 10.5 Å². The number of aromatic nitrogens is 1. The summed E-state index contributed by atoms with van der Waals surface area (Å²) in [7, 11) is 0. The number of ether oxygens (including phenoxy) is 1. The van der Waals surface area contributed by atoms with E-state index in [2.05, 4.69) is 10.3 Å². The summed E-state index contributed by atoms with van der Waals surface area (Å²) in [4.78, 5) is 26.5. The van der Waals surface area contributed by atoms with Gasteiger partial charge in [0, 0.05) is 18.0 Å². The van der Waals surface area contributed by atoms with Crippen molar-refractivity contribution in [3.8, 4) is 5.75 Å². The Morgan fingerprint density at radius 2 is 2.09 bits per heavy atom. The van der Waals surface area contributed by atoms with Gasteiger partial charge in [0.1, 0.15) is 18.4 Å². The van der Waals surface area contributed by atoms with E-state index in [0.29, 0.717) is 18.0 Å². The lowest BCUT2D eigenvalue weighted by molar-refractivity contribution is -0.120. The number of anilines is 1. The van der Waals surface area contributed by atoms with Crippen LogP contribution in [0.3, 0.4) is 0 Å². The number of nitrogens with zero attached hydrogens (tertiary/aromatic N) is 1. The predicted molar refractivity (Wildman–Crippen MR) is 85.8 cm³/mol. The van der Waals surface area contributed by atoms with Crippen LogP contribution in [0.15, 0.2) is 48.7 Å². The summed E-state index contributed by atoms with van der Waals surface area (Å²) >= 11 is 0. The highest BCUT2D eigenvalue weighted by Crippen LogP contribution is 2.19. The first-order valence-electron chi connectivity index (χ1n) is 7.04. The average Bonchev–Trinajstić information content (AvgIpc) is 2.53. The monoisotopic (exact) mass is 314 g/mol. The van der Waals surface area contributed by atoms with E-state index in [9.17, 15) is 9.59 Å². The highest BCUT2D eigenvalue weighted by molar-refractivity contribution is 5.97. The number of hydrogen-bond acceptors (Lipinski definition) is 5. The third-order valence-corrected chi connectivity index (χ3v) is 2.97. The highest BCUT2D eigenvalue weighted by atomic mass is 16.5. The summed E-state index contributed by atoms with van der Waals surface area (Å²) in [5, 5.41) is 4.99. The smallest absolute Gasteiger partial charge is 0.318 e. The standard InChI is InChI=1S/C16H18N4O3/c1-11(15(21)20-16(17)22)19-12-6-4-7-14(9-12)23-10-13-5-2-3-8-18-13/h2-9,11,19H,10H2,1H3,(H3,17,20,21,22)/t11-/m1/s1. The summed E-state index contributed by atoms with van der Waals surface area (Å²) in [6.07, 6.45) is 1.70. The van der Waals surface area contributed by atoms with E-state index in [1.54, 1.807) is 31.3 Å². The molecule has 1 aromatic carbocycles. The Kier molecular flexibility index (Phi) is 5.51. The Morgan fingerprint density at radius 1 is 1.26 bits per heavy atom. The molecule has 1 heterocycles. The number of nitrogens with two attached hydrogens (primary N) is 1. The normalized spacial score (nSPS) is 11.3. The molecule has 0 aliphatic heterocycles. The molecule has 0 fully saturated rings. The van der Waals surface area contributed by atoms with Crippen molar-refractivity contribution in [1.29, 1.82) is 0 Å². The molecule has 120 valence electrons. The third kappa shape index (κ3) is 5.31. The molecule has 0 unspecified atom stereocenters. The average molecular weight is 314 g/mol. The predicted octanol–water partition coefficient (Wildman–Crippen LogP) is 1.66. The number of carbonyl (C=O) groups is 2. The Morgan fingerprint density at radius 3 is 2.78 bits per heavy atom. The molecule has 1 aromatic heterocycles. The molecule has 0 bridgehead atoms. The molecule has 0 saturated heterocycles. The van der Waals surface area contributed by atoms with Crippen LogP contribution in [-0.4, -0.2) is 23.0 Å². The molecular weight excluding hydrogens is 296 g/mol. The highest BCUT2D eigenvalue weighted by Gasteiger charge is 2.14. The maximum absolute atomic E-state index is 11.6. The van der Waals surface area contributed by atoms with Crippen molar-refractivity contribution in [3.63, 3.8) is 0 Å². The number of primary amides is 1. The van der Waals surface area contributed by atoms with Gasteiger partial charge in [-0.05, 0) is 31.2 Å². The van der Waals surface area contributed by atoms with Crippen LogP contribution in [0.25, 0.3) is 0 Å². The maximum atomic E-state index is 11.6. The summed E-state index contributed by atoms with van der Waals surface area (Å²) in [5.74, 6) is 0.139. The number of hydrogen-bond donors (Lipinski definition) is 3. The molecule has 2 aromatic rings. The van der Waals surface area contributed by atoms with E-state index in [1.165, 1.54) is 0 Å². The van der Waals surface area contributed by atoms with E-state index >= 15 is 0 Å². The molecule has 2 rings (SSSR count). The van der Waals surface area contributed by atoms with Crippen molar-refractivity contribution in [2.45, 2.75) is 19.6 Å². The van der Waals surface area contributed by atoms with Gasteiger partial charge in [-0.3, -0.25) is 15.1 Å². The maximum Gasteiger partial charge on any atom is 0.318 e. The van der Waals surface area contributed by atoms with Gasteiger partial charge in [0.15, 0.2) is 0 Å². The Balaban J connectivity index is 1.94. The van der Waals surface area contributed by atoms with Gasteiger partial charge >= 0.3 is 6.03 Å². The van der Waals surface area contributed by atoms with E-state index in [1.807, 2.05) is 29.6 Å². The number of rotatable bonds is 6. The van der Waals surface area contributed by atoms with Crippen LogP contribution < -0.4 is 21.1 Å². The first-order chi connectivity index (χ1) is 11.0. The number of benzene rings is 1. The van der Waals surface area contributed by atoms with Crippen LogP contribution in [0.5, 0.6) is 5.75 Å². The molecular formula is C16H18N4O3. The number of amides is 3. The first kappa shape index (κ1) is 16.3. The fourth-order valence-electron chi connectivity index (χ4n) is 1.86. The van der Waals surface area contributed by atoms with Gasteiger partial charge in [0.05, 0.1) is 5.69 Å². The van der Waals surface area contributed by atoms with Crippen LogP contribution in [0.1, 0.15) is 12.6 Å². The minimum Gasteiger partial charge on any atom is -0.487 e. The second-order valence-corrected chi connectivity index (χ2v) is 4.86. The zero-order chi connectivity index (χ0) is 16.7. The molecule has 0 aliphatic carbocycles. The number of nitrogens with one attached hydrogen (secondary N) is 2. The van der Waals surface area contributed by atoms with Crippen molar-refractivity contribution in [1.82, 2.24) is 10.3 Å². The van der Waals surface area contributed by atoms with Crippen molar-refractivity contribution in [3.05, 3.63) is 54.4 Å². The lowest BCUT2D eigenvalue weighted by Crippen LogP contribution is -2.43. The van der Waals surface area contributed by atoms with Crippen LogP contribution in [0, 0.1) is 0 Å². The Labute approximate surface area is 133 Å². The van der Waals surface area contributed by atoms with Gasteiger partial charge in [0.2, 0.25) is 5.91 Å². The van der Waals surface area contributed by atoms with Crippen molar-refractivity contribution in [2.24, 2.45) is 5.73 Å². The summed E-state index contributed by atoms with van der Waals surface area (Å²) in [6.45, 7) is 1.97. The minimum absolute atomic E-state index is 0.349. The summed E-state index contributed by atoms with van der Waals surface area (Å²) in [6, 6.07) is 11.3. The molecule has 0 aliphatic rings. The lowest BCUT2D eigenvalue weighted by Gasteiger charge is -2.15. The SMILES string of the molecule is C[C@@H](Nc1cccc(OCc2ccccn2)c1)C(=O)NC(N)=O. The fourth-order valence-corrected chi connectivity index (χ4v) is 1.86. The zero-order valence-electron chi connectivity index (χ0n) is 12.7. The molecule has 0 saturated carbocycles. The molecule has 3 amide bonds. The molecule has 1 atom stereocenters. The Bertz CT molecular complexity index is 676. The Hall–Kier alpha value is -3.09. The third-order valence-electron chi connectivity index (χ3n) is 2.97. The van der Waals surface area contributed by atoms with Crippen LogP contribution >= 0.6 is 0 Å². The van der Waals surface area contributed by atoms with Crippen molar-refractivity contribution >= 4 is 17.6 Å². The van der Waals surface area contributed by atoms with Gasteiger partial charge in [-0.15, -0.1) is 0 Å². The first-order valence-corrected chi connectivity index (χ1v) is 7.04. The number of pyridine rings is 1. The lowest BCUT2D eigenvalue weighted by atomic mass is 10.2. The second-order valence-electron chi connectivity index (χ2n) is 4.86. The number of carbonyl (C=O) groups excluding carboxylic acids is 2. The van der Waals surface area contributed by atoms with E-state index in [-0.39, 0.29) is 0 Å². The van der Waals surface area contributed by atoms with Crippen LogP contribution in [0.2, 0.25) is 0 Å². The van der Waals surface area contributed by atoms with Gasteiger partial charge in [-0.25, -0.2) is 4.79 Å². The van der Waals surface area contributed by atoms with E-state index in [0.717, 1.165) is 5.69 Å². The second kappa shape index (κ2) is 7.79. The van der Waals surface area contributed by atoms with Crippen LogP contribution in [-0.2, 0) is 11.4 Å². The summed E-state index contributed by atoms with van der Waals surface area (Å²) in [5.41, 5.74) is 6.43. The topological polar surface area (TPSA) is 106 Å². The molecule has 0 spiro atoms. The zero-order valence-corrected chi connectivity index (χ0v) is 12.7. The summed E-state index contributed by atoms with van der Waals surface area (Å²) < 4.78 is 5.66. The number of imide groups is 1. The van der Waals surface area contributed by atoms with Crippen molar-refractivity contribution < 1.29 is 14.3 Å². The molecule has 7 heteroatoms. The fraction of sp³-hybridized carbons (Fsp3) is 0.188. The quantitative estimate of drug-likeness (QED) is 0.751. The van der Waals surface area contributed by atoms with Gasteiger partial charge in [-0.1, -0.05) is 12.1 Å². The number of urea groups is 1. The molecule has 4 N–H and O–H groups in total. The van der Waals surface area contributed by atoms with Crippen LogP contribution in [0.4, 0.5) is 10.5 Å². The van der Waals surface area contributed by atoms with E-state index < -0.39 is 18.0 Å². The van der Waals surface area contributed by atoms with Gasteiger partial charge in [-0.2, -0.15) is 0 Å². The minimum atomic E-state index is -0.879. The van der Waals surface area contributed by atoms with Gasteiger partial charge < -0.3 is 15.8 Å². The molecule has 23 heavy (non-hydrogen) atoms. The molecule has 0 radical (unpaired) electrons. The largest absolute Gasteiger partial charge is 0.487 e.